The molecule has 0 aromatic carbocycles. The smallest absolute Gasteiger partial charge is 0.147 e. The molecule has 4 rings (SSSR count). The van der Waals surface area contributed by atoms with E-state index < -0.39 is 0 Å². The van der Waals surface area contributed by atoms with E-state index in [1.165, 1.54) is 56.2 Å². The van der Waals surface area contributed by atoms with Crippen molar-refractivity contribution in [2.45, 2.75) is 63.1 Å². The van der Waals surface area contributed by atoms with Gasteiger partial charge in [0.2, 0.25) is 0 Å². The fraction of sp³-hybridized carbons (Fsp3) is 0.882. The van der Waals surface area contributed by atoms with E-state index in [4.69, 9.17) is 5.73 Å². The average molecular weight is 336 g/mol. The second-order valence-corrected chi connectivity index (χ2v) is 8.59. The van der Waals surface area contributed by atoms with Crippen molar-refractivity contribution in [1.82, 2.24) is 19.7 Å². The topological polar surface area (TPSA) is 60.0 Å². The Morgan fingerprint density at radius 2 is 1.87 bits per heavy atom. The Labute approximate surface area is 143 Å². The van der Waals surface area contributed by atoms with Crippen LogP contribution in [0.25, 0.3) is 0 Å². The molecule has 1 aromatic heterocycles. The van der Waals surface area contributed by atoms with Gasteiger partial charge in [-0.15, -0.1) is 10.2 Å². The maximum atomic E-state index is 5.97. The molecule has 23 heavy (non-hydrogen) atoms. The van der Waals surface area contributed by atoms with Crippen LogP contribution in [0, 0.1) is 5.92 Å². The summed E-state index contributed by atoms with van der Waals surface area (Å²) < 4.78 is 2.48. The standard InChI is InChI=1S/C17H29N5S/c1-23-11-12-4-6-21(7-5-12)10-16-19-20-17(13-8-14(18)9-13)22(16)15-2-3-15/h12-15H,2-11,18H2,1H3. The molecule has 0 spiro atoms. The Morgan fingerprint density at radius 1 is 1.13 bits per heavy atom. The van der Waals surface area contributed by atoms with Crippen molar-refractivity contribution in [3.8, 4) is 0 Å². The van der Waals surface area contributed by atoms with Crippen molar-refractivity contribution in [1.29, 1.82) is 0 Å². The van der Waals surface area contributed by atoms with E-state index in [2.05, 4.69) is 25.9 Å². The number of piperidine rings is 1. The van der Waals surface area contributed by atoms with Gasteiger partial charge in [0, 0.05) is 18.0 Å². The third-order valence-corrected chi connectivity index (χ3v) is 6.52. The van der Waals surface area contributed by atoms with Gasteiger partial charge in [-0.05, 0) is 69.5 Å². The van der Waals surface area contributed by atoms with E-state index in [9.17, 15) is 0 Å². The highest BCUT2D eigenvalue weighted by molar-refractivity contribution is 7.98. The van der Waals surface area contributed by atoms with E-state index >= 15 is 0 Å². The molecule has 6 heteroatoms. The van der Waals surface area contributed by atoms with Gasteiger partial charge in [-0.25, -0.2) is 0 Å². The first-order chi connectivity index (χ1) is 11.2. The maximum absolute atomic E-state index is 5.97. The van der Waals surface area contributed by atoms with Gasteiger partial charge in [0.1, 0.15) is 11.6 Å². The molecule has 0 radical (unpaired) electrons. The first-order valence-corrected chi connectivity index (χ1v) is 10.5. The molecule has 0 atom stereocenters. The minimum Gasteiger partial charge on any atom is -0.328 e. The molecule has 2 heterocycles. The van der Waals surface area contributed by atoms with Crippen molar-refractivity contribution >= 4 is 11.8 Å². The van der Waals surface area contributed by atoms with Gasteiger partial charge in [0.25, 0.3) is 0 Å². The number of hydrogen-bond donors (Lipinski definition) is 1. The molecule has 5 nitrogen and oxygen atoms in total. The molecule has 2 saturated carbocycles. The molecular formula is C17H29N5S. The summed E-state index contributed by atoms with van der Waals surface area (Å²) in [5.41, 5.74) is 5.97. The van der Waals surface area contributed by atoms with E-state index in [0.29, 0.717) is 18.0 Å². The number of hydrogen-bond acceptors (Lipinski definition) is 5. The fourth-order valence-electron chi connectivity index (χ4n) is 4.07. The Morgan fingerprint density at radius 3 is 2.48 bits per heavy atom. The Balaban J connectivity index is 1.41. The molecule has 2 aliphatic carbocycles. The highest BCUT2D eigenvalue weighted by Gasteiger charge is 2.37. The normalized spacial score (nSPS) is 29.7. The molecule has 128 valence electrons. The lowest BCUT2D eigenvalue weighted by atomic mass is 9.80. The van der Waals surface area contributed by atoms with Crippen LogP contribution in [0.15, 0.2) is 0 Å². The van der Waals surface area contributed by atoms with Crippen LogP contribution in [0.3, 0.4) is 0 Å². The second-order valence-electron chi connectivity index (χ2n) is 7.68. The molecule has 0 amide bonds. The summed E-state index contributed by atoms with van der Waals surface area (Å²) in [7, 11) is 0. The molecule has 2 N–H and O–H groups in total. The van der Waals surface area contributed by atoms with Crippen molar-refractivity contribution in [3.63, 3.8) is 0 Å². The average Bonchev–Trinajstić information content (AvgIpc) is 3.28. The first-order valence-electron chi connectivity index (χ1n) is 9.15. The van der Waals surface area contributed by atoms with Crippen LogP contribution in [0.2, 0.25) is 0 Å². The van der Waals surface area contributed by atoms with Crippen LogP contribution in [0.5, 0.6) is 0 Å². The largest absolute Gasteiger partial charge is 0.328 e. The van der Waals surface area contributed by atoms with Crippen molar-refractivity contribution in [3.05, 3.63) is 11.6 Å². The molecule has 3 fully saturated rings. The van der Waals surface area contributed by atoms with Gasteiger partial charge in [0.15, 0.2) is 0 Å². The second kappa shape index (κ2) is 6.73. The molecule has 1 aliphatic heterocycles. The fourth-order valence-corrected chi connectivity index (χ4v) is 4.88. The van der Waals surface area contributed by atoms with Gasteiger partial charge in [-0.2, -0.15) is 11.8 Å². The maximum Gasteiger partial charge on any atom is 0.147 e. The van der Waals surface area contributed by atoms with E-state index in [-0.39, 0.29) is 0 Å². The van der Waals surface area contributed by atoms with Gasteiger partial charge in [-0.1, -0.05) is 0 Å². The lowest BCUT2D eigenvalue weighted by Gasteiger charge is -2.33. The third-order valence-electron chi connectivity index (χ3n) is 5.72. The van der Waals surface area contributed by atoms with Crippen LogP contribution < -0.4 is 5.73 Å². The molecule has 3 aliphatic rings. The summed E-state index contributed by atoms with van der Waals surface area (Å²) in [5, 5.41) is 9.15. The van der Waals surface area contributed by atoms with E-state index in [1.807, 2.05) is 11.8 Å². The van der Waals surface area contributed by atoms with Crippen LogP contribution in [-0.4, -0.2) is 50.8 Å². The zero-order chi connectivity index (χ0) is 15.8. The summed E-state index contributed by atoms with van der Waals surface area (Å²) in [6.07, 6.45) is 9.67. The van der Waals surface area contributed by atoms with E-state index in [1.54, 1.807) is 0 Å². The Bertz CT molecular complexity index is 527. The first kappa shape index (κ1) is 15.9. The number of aromatic nitrogens is 3. The minimum absolute atomic E-state index is 0.378. The molecule has 0 bridgehead atoms. The summed E-state index contributed by atoms with van der Waals surface area (Å²) in [6, 6.07) is 1.05. The Hall–Kier alpha value is -0.590. The summed E-state index contributed by atoms with van der Waals surface area (Å²) in [5.74, 6) is 5.21. The molecule has 0 unspecified atom stereocenters. The third kappa shape index (κ3) is 3.44. The van der Waals surface area contributed by atoms with Crippen molar-refractivity contribution in [2.24, 2.45) is 11.7 Å². The minimum atomic E-state index is 0.378. The van der Waals surface area contributed by atoms with Crippen LogP contribution in [0.4, 0.5) is 0 Å². The SMILES string of the molecule is CSCC1CCN(Cc2nnc(C3CC(N)C3)n2C2CC2)CC1. The van der Waals surface area contributed by atoms with Crippen molar-refractivity contribution < 1.29 is 0 Å². The van der Waals surface area contributed by atoms with Crippen LogP contribution in [-0.2, 0) is 6.54 Å². The quantitative estimate of drug-likeness (QED) is 0.865. The zero-order valence-electron chi connectivity index (χ0n) is 14.2. The van der Waals surface area contributed by atoms with Gasteiger partial charge >= 0.3 is 0 Å². The highest BCUT2D eigenvalue weighted by atomic mass is 32.2. The number of nitrogens with two attached hydrogens (primary N) is 1. The van der Waals surface area contributed by atoms with Gasteiger partial charge in [0.05, 0.1) is 6.54 Å². The number of thioether (sulfide) groups is 1. The van der Waals surface area contributed by atoms with E-state index in [0.717, 1.165) is 25.3 Å². The zero-order valence-corrected chi connectivity index (χ0v) is 15.0. The van der Waals surface area contributed by atoms with Crippen LogP contribution in [0.1, 0.15) is 62.1 Å². The summed E-state index contributed by atoms with van der Waals surface area (Å²) in [4.78, 5) is 2.58. The summed E-state index contributed by atoms with van der Waals surface area (Å²) in [6.45, 7) is 3.41. The molecular weight excluding hydrogens is 306 g/mol. The lowest BCUT2D eigenvalue weighted by molar-refractivity contribution is 0.180. The van der Waals surface area contributed by atoms with Crippen molar-refractivity contribution in [2.75, 3.05) is 25.1 Å². The van der Waals surface area contributed by atoms with Crippen LogP contribution >= 0.6 is 11.8 Å². The highest BCUT2D eigenvalue weighted by Crippen LogP contribution is 2.42. The molecule has 1 saturated heterocycles. The number of nitrogens with zero attached hydrogens (tertiary/aromatic N) is 4. The van der Waals surface area contributed by atoms with Gasteiger partial charge in [-0.3, -0.25) is 4.90 Å². The lowest BCUT2D eigenvalue weighted by Crippen LogP contribution is -2.36. The molecule has 1 aromatic rings. The predicted molar refractivity (Wildman–Crippen MR) is 94.6 cm³/mol. The number of likely N-dealkylation sites (tertiary alicyclic amines) is 1. The monoisotopic (exact) mass is 335 g/mol. The number of rotatable bonds is 6. The summed E-state index contributed by atoms with van der Waals surface area (Å²) >= 11 is 1.99. The predicted octanol–water partition coefficient (Wildman–Crippen LogP) is 2.39. The van der Waals surface area contributed by atoms with Gasteiger partial charge < -0.3 is 10.3 Å². The Kier molecular flexibility index (Phi) is 4.65.